The summed E-state index contributed by atoms with van der Waals surface area (Å²) in [7, 11) is 0. The van der Waals surface area contributed by atoms with Gasteiger partial charge >= 0.3 is 0 Å². The fourth-order valence-corrected chi connectivity index (χ4v) is 1.46. The van der Waals surface area contributed by atoms with Crippen molar-refractivity contribution in [1.82, 2.24) is 0 Å². The molecule has 80 valence electrons. The molecule has 0 amide bonds. The number of carbonyl (C=O) groups is 2. The highest BCUT2D eigenvalue weighted by Gasteiger charge is 2.14. The minimum absolute atomic E-state index is 0.00134. The summed E-state index contributed by atoms with van der Waals surface area (Å²) in [6.07, 6.45) is 0.0122. The Kier molecular flexibility index (Phi) is 4.45. The molecule has 1 rings (SSSR count). The Morgan fingerprint density at radius 2 is 1.73 bits per heavy atom. The predicted octanol–water partition coefficient (Wildman–Crippen LogP) is 3.09. The zero-order valence-electron chi connectivity index (χ0n) is 8.79. The average molecular weight is 316 g/mol. The van der Waals surface area contributed by atoms with Crippen LogP contribution < -0.4 is 0 Å². The van der Waals surface area contributed by atoms with Gasteiger partial charge in [0.15, 0.2) is 5.78 Å². The van der Waals surface area contributed by atoms with Crippen molar-refractivity contribution < 1.29 is 9.59 Å². The third-order valence-electron chi connectivity index (χ3n) is 2.14. The standard InChI is InChI=1S/C12H13IO2/c1-8(2)11(14)7-12(15)9-3-5-10(13)6-4-9/h3-6,8H,7H2,1-2H3. The van der Waals surface area contributed by atoms with E-state index in [1.165, 1.54) is 0 Å². The van der Waals surface area contributed by atoms with Crippen LogP contribution in [0.5, 0.6) is 0 Å². The van der Waals surface area contributed by atoms with Crippen LogP contribution in [0.25, 0.3) is 0 Å². The highest BCUT2D eigenvalue weighted by atomic mass is 127. The molecule has 15 heavy (non-hydrogen) atoms. The summed E-state index contributed by atoms with van der Waals surface area (Å²) in [6, 6.07) is 7.26. The molecule has 0 heterocycles. The third-order valence-corrected chi connectivity index (χ3v) is 2.86. The molecule has 0 unspecified atom stereocenters. The topological polar surface area (TPSA) is 34.1 Å². The number of ketones is 2. The van der Waals surface area contributed by atoms with Gasteiger partial charge in [-0.25, -0.2) is 0 Å². The van der Waals surface area contributed by atoms with Crippen LogP contribution in [0, 0.1) is 9.49 Å². The van der Waals surface area contributed by atoms with E-state index in [1.807, 2.05) is 26.0 Å². The van der Waals surface area contributed by atoms with Crippen LogP contribution in [0.3, 0.4) is 0 Å². The van der Waals surface area contributed by atoms with Gasteiger partial charge in [0.05, 0.1) is 6.42 Å². The summed E-state index contributed by atoms with van der Waals surface area (Å²) < 4.78 is 1.08. The summed E-state index contributed by atoms with van der Waals surface area (Å²) in [5.74, 6) is -0.165. The fourth-order valence-electron chi connectivity index (χ4n) is 1.10. The average Bonchev–Trinajstić information content (AvgIpc) is 2.18. The molecule has 0 fully saturated rings. The number of carbonyl (C=O) groups excluding carboxylic acids is 2. The van der Waals surface area contributed by atoms with Crippen LogP contribution in [0.15, 0.2) is 24.3 Å². The molecular weight excluding hydrogens is 303 g/mol. The number of rotatable bonds is 4. The van der Waals surface area contributed by atoms with E-state index < -0.39 is 0 Å². The molecule has 0 aliphatic rings. The Balaban J connectivity index is 2.69. The number of Topliss-reactive ketones (excluding diaryl/α,β-unsaturated/α-hetero) is 2. The first-order valence-corrected chi connectivity index (χ1v) is 5.90. The van der Waals surface area contributed by atoms with Gasteiger partial charge in [-0.3, -0.25) is 9.59 Å². The van der Waals surface area contributed by atoms with Gasteiger partial charge in [-0.15, -0.1) is 0 Å². The zero-order chi connectivity index (χ0) is 11.4. The Hall–Kier alpha value is -0.710. The van der Waals surface area contributed by atoms with Crippen molar-refractivity contribution in [2.75, 3.05) is 0 Å². The number of hydrogen-bond donors (Lipinski definition) is 0. The lowest BCUT2D eigenvalue weighted by molar-refractivity contribution is -0.121. The monoisotopic (exact) mass is 316 g/mol. The van der Waals surface area contributed by atoms with Crippen molar-refractivity contribution in [1.29, 1.82) is 0 Å². The third kappa shape index (κ3) is 3.74. The molecule has 0 atom stereocenters. The van der Waals surface area contributed by atoms with Crippen LogP contribution in [-0.4, -0.2) is 11.6 Å². The van der Waals surface area contributed by atoms with Crippen molar-refractivity contribution in [3.05, 3.63) is 33.4 Å². The van der Waals surface area contributed by atoms with Crippen molar-refractivity contribution in [2.45, 2.75) is 20.3 Å². The first-order chi connectivity index (χ1) is 7.00. The second kappa shape index (κ2) is 5.39. The molecule has 3 heteroatoms. The van der Waals surface area contributed by atoms with Crippen LogP contribution >= 0.6 is 22.6 Å². The molecule has 2 nitrogen and oxygen atoms in total. The Bertz CT molecular complexity index is 366. The first kappa shape index (κ1) is 12.4. The van der Waals surface area contributed by atoms with E-state index in [0.717, 1.165) is 3.57 Å². The lowest BCUT2D eigenvalue weighted by Crippen LogP contribution is -2.13. The zero-order valence-corrected chi connectivity index (χ0v) is 10.9. The fraction of sp³-hybridized carbons (Fsp3) is 0.333. The van der Waals surface area contributed by atoms with Crippen LogP contribution in [0.1, 0.15) is 30.6 Å². The highest BCUT2D eigenvalue weighted by molar-refractivity contribution is 14.1. The number of halogens is 1. The van der Waals surface area contributed by atoms with Crippen molar-refractivity contribution in [2.24, 2.45) is 5.92 Å². The Morgan fingerprint density at radius 3 is 2.20 bits per heavy atom. The lowest BCUT2D eigenvalue weighted by Gasteiger charge is -2.03. The summed E-state index contributed by atoms with van der Waals surface area (Å²) >= 11 is 2.18. The molecule has 0 bridgehead atoms. The largest absolute Gasteiger partial charge is 0.299 e. The Labute approximate surface area is 103 Å². The van der Waals surface area contributed by atoms with E-state index in [-0.39, 0.29) is 23.9 Å². The molecule has 0 aliphatic heterocycles. The minimum Gasteiger partial charge on any atom is -0.299 e. The van der Waals surface area contributed by atoms with Gasteiger partial charge in [0.2, 0.25) is 0 Å². The van der Waals surface area contributed by atoms with E-state index in [4.69, 9.17) is 0 Å². The Morgan fingerprint density at radius 1 is 1.20 bits per heavy atom. The lowest BCUT2D eigenvalue weighted by atomic mass is 10.0. The van der Waals surface area contributed by atoms with Gasteiger partial charge in [-0.1, -0.05) is 26.0 Å². The van der Waals surface area contributed by atoms with E-state index in [9.17, 15) is 9.59 Å². The van der Waals surface area contributed by atoms with E-state index in [0.29, 0.717) is 5.56 Å². The summed E-state index contributed by atoms with van der Waals surface area (Å²) in [5.41, 5.74) is 0.615. The SMILES string of the molecule is CC(C)C(=O)CC(=O)c1ccc(I)cc1. The molecule has 1 aromatic rings. The molecule has 0 saturated heterocycles. The molecule has 0 radical (unpaired) electrons. The van der Waals surface area contributed by atoms with Gasteiger partial charge in [-0.2, -0.15) is 0 Å². The van der Waals surface area contributed by atoms with E-state index in [2.05, 4.69) is 22.6 Å². The molecule has 0 aromatic heterocycles. The second-order valence-corrected chi connectivity index (χ2v) is 4.97. The van der Waals surface area contributed by atoms with Crippen LogP contribution in [0.2, 0.25) is 0 Å². The highest BCUT2D eigenvalue weighted by Crippen LogP contribution is 2.10. The summed E-state index contributed by atoms with van der Waals surface area (Å²) in [4.78, 5) is 23.0. The maximum absolute atomic E-state index is 11.6. The van der Waals surface area contributed by atoms with Gasteiger partial charge < -0.3 is 0 Å². The number of benzene rings is 1. The molecule has 0 aliphatic carbocycles. The van der Waals surface area contributed by atoms with E-state index in [1.54, 1.807) is 12.1 Å². The van der Waals surface area contributed by atoms with Gasteiger partial charge in [0.1, 0.15) is 5.78 Å². The van der Waals surface area contributed by atoms with Crippen molar-refractivity contribution in [3.63, 3.8) is 0 Å². The van der Waals surface area contributed by atoms with Gasteiger partial charge in [0.25, 0.3) is 0 Å². The number of hydrogen-bond acceptors (Lipinski definition) is 2. The molecule has 0 N–H and O–H groups in total. The first-order valence-electron chi connectivity index (χ1n) is 4.82. The smallest absolute Gasteiger partial charge is 0.170 e. The van der Waals surface area contributed by atoms with Crippen LogP contribution in [-0.2, 0) is 4.79 Å². The van der Waals surface area contributed by atoms with Crippen LogP contribution in [0.4, 0.5) is 0 Å². The molecule has 1 aromatic carbocycles. The van der Waals surface area contributed by atoms with Gasteiger partial charge in [0, 0.05) is 15.1 Å². The van der Waals surface area contributed by atoms with Crippen molar-refractivity contribution in [3.8, 4) is 0 Å². The quantitative estimate of drug-likeness (QED) is 0.486. The summed E-state index contributed by atoms with van der Waals surface area (Å²) in [6.45, 7) is 3.62. The molecular formula is C12H13IO2. The molecule has 0 spiro atoms. The summed E-state index contributed by atoms with van der Waals surface area (Å²) in [5, 5.41) is 0. The normalized spacial score (nSPS) is 10.4. The minimum atomic E-state index is -0.0925. The maximum atomic E-state index is 11.6. The van der Waals surface area contributed by atoms with Crippen molar-refractivity contribution >= 4 is 34.2 Å². The van der Waals surface area contributed by atoms with Gasteiger partial charge in [-0.05, 0) is 34.7 Å². The predicted molar refractivity (Wildman–Crippen MR) is 68.0 cm³/mol. The molecule has 0 saturated carbocycles. The van der Waals surface area contributed by atoms with E-state index >= 15 is 0 Å². The second-order valence-electron chi connectivity index (χ2n) is 3.73. The maximum Gasteiger partial charge on any atom is 0.170 e.